The maximum absolute atomic E-state index is 12.7. The zero-order chi connectivity index (χ0) is 24.7. The molecule has 0 fully saturated rings. The molecule has 2 atom stereocenters. The van der Waals surface area contributed by atoms with Crippen LogP contribution in [0.15, 0.2) is 66.9 Å². The zero-order valence-corrected chi connectivity index (χ0v) is 19.3. The fourth-order valence-corrected chi connectivity index (χ4v) is 3.79. The van der Waals surface area contributed by atoms with Crippen LogP contribution in [0, 0.1) is 5.92 Å². The first-order valence-corrected chi connectivity index (χ1v) is 11.2. The Morgan fingerprint density at radius 3 is 2.38 bits per heavy atom. The number of pyridine rings is 1. The summed E-state index contributed by atoms with van der Waals surface area (Å²) < 4.78 is 0. The van der Waals surface area contributed by atoms with Gasteiger partial charge in [0.1, 0.15) is 5.69 Å². The Morgan fingerprint density at radius 1 is 1.00 bits per heavy atom. The molecule has 1 amide bonds. The molecule has 0 bridgehead atoms. The number of aromatic nitrogens is 1. The summed E-state index contributed by atoms with van der Waals surface area (Å²) in [4.78, 5) is 39.2. The number of benzene rings is 2. The van der Waals surface area contributed by atoms with Crippen LogP contribution >= 0.6 is 11.6 Å². The fraction of sp³-hybridized carbons (Fsp3) is 0.231. The van der Waals surface area contributed by atoms with E-state index in [1.165, 1.54) is 18.3 Å². The smallest absolute Gasteiger partial charge is 0.335 e. The summed E-state index contributed by atoms with van der Waals surface area (Å²) in [6.45, 7) is 1.59. The van der Waals surface area contributed by atoms with E-state index < -0.39 is 29.8 Å². The first-order chi connectivity index (χ1) is 16.2. The van der Waals surface area contributed by atoms with Gasteiger partial charge in [0, 0.05) is 17.3 Å². The average molecular weight is 481 g/mol. The van der Waals surface area contributed by atoms with E-state index >= 15 is 0 Å². The standard InChI is InChI=1S/C26H25ClN2O5/c1-16(25(31)32)13-22(29-24(30)23-15-20(26(33)34)11-12-28-23)10-7-17-5-8-18(9-6-17)19-3-2-4-21(27)14-19/h2-6,8-9,11-12,14-16,22H,7,10,13H2,1H3,(H,29,30)(H,31,32)(H,33,34)/t16-,22-/m1/s1. The highest BCUT2D eigenvalue weighted by atomic mass is 35.5. The van der Waals surface area contributed by atoms with Gasteiger partial charge >= 0.3 is 11.9 Å². The van der Waals surface area contributed by atoms with Gasteiger partial charge in [0.2, 0.25) is 0 Å². The van der Waals surface area contributed by atoms with Gasteiger partial charge in [-0.1, -0.05) is 54.9 Å². The molecule has 34 heavy (non-hydrogen) atoms. The van der Waals surface area contributed by atoms with E-state index in [0.717, 1.165) is 16.7 Å². The number of carbonyl (C=O) groups is 3. The van der Waals surface area contributed by atoms with Gasteiger partial charge in [0.05, 0.1) is 11.5 Å². The van der Waals surface area contributed by atoms with Gasteiger partial charge in [-0.05, 0) is 60.2 Å². The van der Waals surface area contributed by atoms with Crippen LogP contribution in [0.25, 0.3) is 11.1 Å². The van der Waals surface area contributed by atoms with Crippen molar-refractivity contribution in [2.75, 3.05) is 0 Å². The summed E-state index contributed by atoms with van der Waals surface area (Å²) in [5, 5.41) is 22.0. The molecule has 1 aromatic heterocycles. The van der Waals surface area contributed by atoms with E-state index in [2.05, 4.69) is 10.3 Å². The number of aliphatic carboxylic acids is 1. The Bertz CT molecular complexity index is 1180. The lowest BCUT2D eigenvalue weighted by molar-refractivity contribution is -0.141. The SMILES string of the molecule is C[C@H](C[C@@H](CCc1ccc(-c2cccc(Cl)c2)cc1)NC(=O)c1cc(C(=O)O)ccn1)C(=O)O. The molecule has 7 nitrogen and oxygen atoms in total. The molecule has 1 heterocycles. The lowest BCUT2D eigenvalue weighted by atomic mass is 9.95. The third-order valence-corrected chi connectivity index (χ3v) is 5.76. The second-order valence-electron chi connectivity index (χ2n) is 8.13. The summed E-state index contributed by atoms with van der Waals surface area (Å²) in [6, 6.07) is 17.6. The van der Waals surface area contributed by atoms with Crippen molar-refractivity contribution in [3.8, 4) is 11.1 Å². The van der Waals surface area contributed by atoms with Crippen molar-refractivity contribution in [2.45, 2.75) is 32.2 Å². The molecule has 0 saturated heterocycles. The van der Waals surface area contributed by atoms with Crippen LogP contribution < -0.4 is 5.32 Å². The summed E-state index contributed by atoms with van der Waals surface area (Å²) in [5.74, 6) is -3.30. The highest BCUT2D eigenvalue weighted by Crippen LogP contribution is 2.23. The number of halogens is 1. The first kappa shape index (κ1) is 24.9. The molecule has 0 unspecified atom stereocenters. The topological polar surface area (TPSA) is 117 Å². The van der Waals surface area contributed by atoms with E-state index in [0.29, 0.717) is 17.9 Å². The normalized spacial score (nSPS) is 12.5. The molecule has 0 aliphatic rings. The number of amides is 1. The molecule has 3 rings (SSSR count). The van der Waals surface area contributed by atoms with Crippen molar-refractivity contribution in [1.29, 1.82) is 0 Å². The molecule has 8 heteroatoms. The molecule has 3 aromatic rings. The summed E-state index contributed by atoms with van der Waals surface area (Å²) in [7, 11) is 0. The van der Waals surface area contributed by atoms with Crippen LogP contribution in [0.5, 0.6) is 0 Å². The molecule has 2 aromatic carbocycles. The predicted octanol–water partition coefficient (Wildman–Crippen LogP) is 4.94. The highest BCUT2D eigenvalue weighted by molar-refractivity contribution is 6.30. The zero-order valence-electron chi connectivity index (χ0n) is 18.6. The molecular formula is C26H25ClN2O5. The Labute approximate surface area is 202 Å². The molecule has 0 aliphatic carbocycles. The quantitative estimate of drug-likeness (QED) is 0.378. The largest absolute Gasteiger partial charge is 0.481 e. The van der Waals surface area contributed by atoms with Crippen molar-refractivity contribution >= 4 is 29.4 Å². The van der Waals surface area contributed by atoms with Crippen LogP contribution in [0.2, 0.25) is 5.02 Å². The fourth-order valence-electron chi connectivity index (χ4n) is 3.60. The Hall–Kier alpha value is -3.71. The van der Waals surface area contributed by atoms with Crippen LogP contribution in [0.3, 0.4) is 0 Å². The molecule has 176 valence electrons. The number of nitrogens with one attached hydrogen (secondary N) is 1. The van der Waals surface area contributed by atoms with E-state index in [9.17, 15) is 19.5 Å². The molecule has 0 radical (unpaired) electrons. The monoisotopic (exact) mass is 480 g/mol. The maximum atomic E-state index is 12.7. The number of rotatable bonds is 10. The van der Waals surface area contributed by atoms with Gasteiger partial charge in [-0.2, -0.15) is 0 Å². The number of hydrogen-bond donors (Lipinski definition) is 3. The third-order valence-electron chi connectivity index (χ3n) is 5.53. The van der Waals surface area contributed by atoms with Crippen molar-refractivity contribution in [3.63, 3.8) is 0 Å². The van der Waals surface area contributed by atoms with Crippen molar-refractivity contribution in [1.82, 2.24) is 10.3 Å². The van der Waals surface area contributed by atoms with Crippen molar-refractivity contribution < 1.29 is 24.6 Å². The average Bonchev–Trinajstić information content (AvgIpc) is 2.82. The molecular weight excluding hydrogens is 456 g/mol. The number of carboxylic acid groups (broad SMARTS) is 2. The Kier molecular flexibility index (Phi) is 8.38. The number of nitrogens with zero attached hydrogens (tertiary/aromatic N) is 1. The minimum atomic E-state index is -1.16. The third kappa shape index (κ3) is 6.89. The molecule has 0 saturated carbocycles. The number of aromatic carboxylic acids is 1. The minimum absolute atomic E-state index is 0.0289. The van der Waals surface area contributed by atoms with Crippen molar-refractivity contribution in [2.24, 2.45) is 5.92 Å². The van der Waals surface area contributed by atoms with Crippen molar-refractivity contribution in [3.05, 3.63) is 88.7 Å². The summed E-state index contributed by atoms with van der Waals surface area (Å²) >= 11 is 6.07. The van der Waals surface area contributed by atoms with Crippen LogP contribution in [-0.4, -0.2) is 39.1 Å². The van der Waals surface area contributed by atoms with Gasteiger partial charge in [-0.3, -0.25) is 14.6 Å². The highest BCUT2D eigenvalue weighted by Gasteiger charge is 2.21. The molecule has 0 aliphatic heterocycles. The summed E-state index contributed by atoms with van der Waals surface area (Å²) in [6.07, 6.45) is 2.63. The van der Waals surface area contributed by atoms with E-state index in [4.69, 9.17) is 16.7 Å². The van der Waals surface area contributed by atoms with Gasteiger partial charge in [0.15, 0.2) is 0 Å². The number of aryl methyl sites for hydroxylation is 1. The van der Waals surface area contributed by atoms with Crippen LogP contribution in [0.1, 0.15) is 46.2 Å². The van der Waals surface area contributed by atoms with E-state index in [1.807, 2.05) is 48.5 Å². The van der Waals surface area contributed by atoms with Gasteiger partial charge in [0.25, 0.3) is 5.91 Å². The van der Waals surface area contributed by atoms with E-state index in [1.54, 1.807) is 6.92 Å². The van der Waals surface area contributed by atoms with Crippen LogP contribution in [0.4, 0.5) is 0 Å². The molecule has 3 N–H and O–H groups in total. The first-order valence-electron chi connectivity index (χ1n) is 10.8. The second kappa shape index (κ2) is 11.4. The second-order valence-corrected chi connectivity index (χ2v) is 8.56. The van der Waals surface area contributed by atoms with Gasteiger partial charge in [-0.15, -0.1) is 0 Å². The number of carbonyl (C=O) groups excluding carboxylic acids is 1. The maximum Gasteiger partial charge on any atom is 0.335 e. The number of hydrogen-bond acceptors (Lipinski definition) is 4. The van der Waals surface area contributed by atoms with Crippen LogP contribution in [-0.2, 0) is 11.2 Å². The minimum Gasteiger partial charge on any atom is -0.481 e. The Morgan fingerprint density at radius 2 is 1.74 bits per heavy atom. The van der Waals surface area contributed by atoms with Gasteiger partial charge < -0.3 is 15.5 Å². The summed E-state index contributed by atoms with van der Waals surface area (Å²) in [5.41, 5.74) is 3.00. The van der Waals surface area contributed by atoms with E-state index in [-0.39, 0.29) is 17.7 Å². The lowest BCUT2D eigenvalue weighted by Gasteiger charge is -2.21. The predicted molar refractivity (Wildman–Crippen MR) is 129 cm³/mol. The van der Waals surface area contributed by atoms with Gasteiger partial charge in [-0.25, -0.2) is 4.79 Å². The number of carboxylic acids is 2. The molecule has 0 spiro atoms. The lowest BCUT2D eigenvalue weighted by Crippen LogP contribution is -2.38. The Balaban J connectivity index is 1.69.